The number of halogens is 1. The Balaban J connectivity index is 1.91. The van der Waals surface area contributed by atoms with Gasteiger partial charge in [0.05, 0.1) is 21.5 Å². The normalized spacial score (nSPS) is 19.6. The number of hydrogen-bond acceptors (Lipinski definition) is 5. The highest BCUT2D eigenvalue weighted by atomic mass is 35.5. The first kappa shape index (κ1) is 17.9. The second-order valence-corrected chi connectivity index (χ2v) is 8.08. The van der Waals surface area contributed by atoms with Crippen LogP contribution >= 0.6 is 11.6 Å². The number of likely N-dealkylation sites (N-methyl/N-ethyl adjacent to an activating group) is 1. The van der Waals surface area contributed by atoms with Gasteiger partial charge in [-0.15, -0.1) is 0 Å². The number of nitrogens with zero attached hydrogens (tertiary/aromatic N) is 4. The lowest BCUT2D eigenvalue weighted by atomic mass is 10.2. The predicted octanol–water partition coefficient (Wildman–Crippen LogP) is 2.00. The molecule has 1 saturated heterocycles. The standard InChI is InChI=1S/C16H18ClN5O2S/c1-2-21-7-8-22(11-15(21)16-19-5-6-20-16)25(23,24)13-3-4-14(17)12(9-13)10-18/h3-6,9,15H,2,7-8,11H2,1H3,(H,19,20). The summed E-state index contributed by atoms with van der Waals surface area (Å²) in [5, 5.41) is 9.33. The van der Waals surface area contributed by atoms with Crippen LogP contribution in [0.4, 0.5) is 0 Å². The van der Waals surface area contributed by atoms with E-state index in [9.17, 15) is 8.42 Å². The second kappa shape index (κ2) is 7.14. The van der Waals surface area contributed by atoms with Crippen molar-refractivity contribution in [3.8, 4) is 6.07 Å². The van der Waals surface area contributed by atoms with Crippen LogP contribution in [0.3, 0.4) is 0 Å². The number of H-pyrrole nitrogens is 1. The molecule has 1 fully saturated rings. The molecule has 132 valence electrons. The van der Waals surface area contributed by atoms with E-state index in [0.717, 1.165) is 12.4 Å². The zero-order chi connectivity index (χ0) is 18.0. The lowest BCUT2D eigenvalue weighted by molar-refractivity contribution is 0.119. The molecule has 0 saturated carbocycles. The number of sulfonamides is 1. The van der Waals surface area contributed by atoms with Crippen LogP contribution in [-0.4, -0.2) is 53.8 Å². The molecule has 1 aliphatic rings. The molecule has 0 amide bonds. The highest BCUT2D eigenvalue weighted by molar-refractivity contribution is 7.89. The molecule has 2 aromatic rings. The van der Waals surface area contributed by atoms with E-state index in [-0.39, 0.29) is 21.5 Å². The first-order valence-electron chi connectivity index (χ1n) is 7.90. The van der Waals surface area contributed by atoms with Crippen LogP contribution in [0.15, 0.2) is 35.5 Å². The zero-order valence-corrected chi connectivity index (χ0v) is 15.3. The van der Waals surface area contributed by atoms with Gasteiger partial charge in [0.1, 0.15) is 11.9 Å². The number of piperazine rings is 1. The highest BCUT2D eigenvalue weighted by Gasteiger charge is 2.35. The van der Waals surface area contributed by atoms with Crippen LogP contribution in [-0.2, 0) is 10.0 Å². The van der Waals surface area contributed by atoms with Crippen LogP contribution in [0.2, 0.25) is 5.02 Å². The van der Waals surface area contributed by atoms with Crippen molar-refractivity contribution in [3.63, 3.8) is 0 Å². The molecule has 1 atom stereocenters. The second-order valence-electron chi connectivity index (χ2n) is 5.74. The number of hydrogen-bond donors (Lipinski definition) is 1. The molecule has 1 N–H and O–H groups in total. The summed E-state index contributed by atoms with van der Waals surface area (Å²) >= 11 is 5.91. The quantitative estimate of drug-likeness (QED) is 0.876. The maximum absolute atomic E-state index is 13.0. The largest absolute Gasteiger partial charge is 0.347 e. The zero-order valence-electron chi connectivity index (χ0n) is 13.7. The molecule has 1 aliphatic heterocycles. The van der Waals surface area contributed by atoms with Gasteiger partial charge in [0, 0.05) is 32.0 Å². The molecule has 1 aromatic heterocycles. The fourth-order valence-electron chi connectivity index (χ4n) is 3.01. The van der Waals surface area contributed by atoms with Crippen molar-refractivity contribution in [1.29, 1.82) is 5.26 Å². The minimum Gasteiger partial charge on any atom is -0.347 e. The van der Waals surface area contributed by atoms with Gasteiger partial charge in [-0.05, 0) is 24.7 Å². The lowest BCUT2D eigenvalue weighted by Gasteiger charge is -2.39. The van der Waals surface area contributed by atoms with Crippen molar-refractivity contribution in [2.45, 2.75) is 17.9 Å². The molecule has 3 rings (SSSR count). The summed E-state index contributed by atoms with van der Waals surface area (Å²) in [7, 11) is -3.71. The van der Waals surface area contributed by atoms with Gasteiger partial charge in [-0.1, -0.05) is 18.5 Å². The fourth-order valence-corrected chi connectivity index (χ4v) is 4.64. The van der Waals surface area contributed by atoms with Gasteiger partial charge in [0.15, 0.2) is 0 Å². The van der Waals surface area contributed by atoms with E-state index >= 15 is 0 Å². The van der Waals surface area contributed by atoms with Gasteiger partial charge in [-0.2, -0.15) is 9.57 Å². The van der Waals surface area contributed by atoms with Crippen LogP contribution in [0.25, 0.3) is 0 Å². The topological polar surface area (TPSA) is 93.1 Å². The van der Waals surface area contributed by atoms with Gasteiger partial charge in [0.25, 0.3) is 0 Å². The number of benzene rings is 1. The van der Waals surface area contributed by atoms with E-state index in [1.807, 2.05) is 13.0 Å². The molecule has 2 heterocycles. The Morgan fingerprint density at radius 2 is 2.24 bits per heavy atom. The van der Waals surface area contributed by atoms with Crippen LogP contribution in [0, 0.1) is 11.3 Å². The highest BCUT2D eigenvalue weighted by Crippen LogP contribution is 2.28. The Bertz CT molecular complexity index is 892. The summed E-state index contributed by atoms with van der Waals surface area (Å²) in [6, 6.07) is 5.99. The molecule has 25 heavy (non-hydrogen) atoms. The summed E-state index contributed by atoms with van der Waals surface area (Å²) in [6.45, 7) is 4.14. The maximum atomic E-state index is 13.0. The maximum Gasteiger partial charge on any atom is 0.243 e. The Morgan fingerprint density at radius 3 is 2.88 bits per heavy atom. The van der Waals surface area contributed by atoms with E-state index < -0.39 is 10.0 Å². The van der Waals surface area contributed by atoms with E-state index in [4.69, 9.17) is 16.9 Å². The van der Waals surface area contributed by atoms with Crippen molar-refractivity contribution in [2.24, 2.45) is 0 Å². The van der Waals surface area contributed by atoms with Gasteiger partial charge in [0.2, 0.25) is 10.0 Å². The average molecular weight is 380 g/mol. The Hall–Kier alpha value is -1.92. The van der Waals surface area contributed by atoms with E-state index in [2.05, 4.69) is 14.9 Å². The Morgan fingerprint density at radius 1 is 1.44 bits per heavy atom. The molecular weight excluding hydrogens is 362 g/mol. The predicted molar refractivity (Wildman–Crippen MR) is 93.5 cm³/mol. The number of rotatable bonds is 4. The molecule has 0 spiro atoms. The molecule has 1 aromatic carbocycles. The van der Waals surface area contributed by atoms with Gasteiger partial charge in [-0.25, -0.2) is 13.4 Å². The first-order valence-corrected chi connectivity index (χ1v) is 9.72. The van der Waals surface area contributed by atoms with Gasteiger partial charge in [-0.3, -0.25) is 4.90 Å². The number of aromatic nitrogens is 2. The average Bonchev–Trinajstić information content (AvgIpc) is 3.15. The monoisotopic (exact) mass is 379 g/mol. The van der Waals surface area contributed by atoms with Crippen LogP contribution < -0.4 is 0 Å². The fraction of sp³-hybridized carbons (Fsp3) is 0.375. The Kier molecular flexibility index (Phi) is 5.11. The molecule has 1 unspecified atom stereocenters. The summed E-state index contributed by atoms with van der Waals surface area (Å²) < 4.78 is 27.4. The molecule has 9 heteroatoms. The van der Waals surface area contributed by atoms with E-state index in [1.165, 1.54) is 22.5 Å². The van der Waals surface area contributed by atoms with Crippen molar-refractivity contribution in [2.75, 3.05) is 26.2 Å². The van der Waals surface area contributed by atoms with Crippen molar-refractivity contribution in [3.05, 3.63) is 47.0 Å². The smallest absolute Gasteiger partial charge is 0.243 e. The molecular formula is C16H18ClN5O2S. The number of aromatic amines is 1. The minimum absolute atomic E-state index is 0.0802. The molecule has 0 aliphatic carbocycles. The summed E-state index contributed by atoms with van der Waals surface area (Å²) in [5.74, 6) is 0.746. The van der Waals surface area contributed by atoms with Crippen molar-refractivity contribution < 1.29 is 8.42 Å². The summed E-state index contributed by atoms with van der Waals surface area (Å²) in [4.78, 5) is 9.63. The number of imidazole rings is 1. The lowest BCUT2D eigenvalue weighted by Crippen LogP contribution is -2.50. The van der Waals surface area contributed by atoms with Crippen molar-refractivity contribution >= 4 is 21.6 Å². The molecule has 0 bridgehead atoms. The number of nitrogens with one attached hydrogen (secondary N) is 1. The Labute approximate surface area is 151 Å². The third-order valence-electron chi connectivity index (χ3n) is 4.39. The van der Waals surface area contributed by atoms with Gasteiger partial charge >= 0.3 is 0 Å². The number of nitriles is 1. The third kappa shape index (κ3) is 3.41. The summed E-state index contributed by atoms with van der Waals surface area (Å²) in [6.07, 6.45) is 3.39. The molecule has 0 radical (unpaired) electrons. The van der Waals surface area contributed by atoms with Crippen LogP contribution in [0.1, 0.15) is 24.4 Å². The SMILES string of the molecule is CCN1CCN(S(=O)(=O)c2ccc(Cl)c(C#N)c2)CC1c1ncc[nH]1. The summed E-state index contributed by atoms with van der Waals surface area (Å²) in [5.41, 5.74) is 0.150. The first-order chi connectivity index (χ1) is 12.0. The van der Waals surface area contributed by atoms with Gasteiger partial charge < -0.3 is 4.98 Å². The van der Waals surface area contributed by atoms with E-state index in [0.29, 0.717) is 19.6 Å². The molecule has 7 nitrogen and oxygen atoms in total. The van der Waals surface area contributed by atoms with E-state index in [1.54, 1.807) is 12.4 Å². The minimum atomic E-state index is -3.71. The van der Waals surface area contributed by atoms with Crippen LogP contribution in [0.5, 0.6) is 0 Å². The van der Waals surface area contributed by atoms with Crippen molar-refractivity contribution in [1.82, 2.24) is 19.2 Å². The third-order valence-corrected chi connectivity index (χ3v) is 6.58.